The molecule has 2 N–H and O–H groups in total. The van der Waals surface area contributed by atoms with Crippen LogP contribution in [-0.2, 0) is 12.1 Å². The molecule has 2 aromatic rings. The Hall–Kier alpha value is -1.98. The number of anilines is 1. The van der Waals surface area contributed by atoms with Crippen molar-refractivity contribution in [3.63, 3.8) is 0 Å². The maximum Gasteiger partial charge on any atom is 0.130 e. The van der Waals surface area contributed by atoms with Crippen LogP contribution in [0.4, 0.5) is 10.2 Å². The number of rotatable bonds is 4. The second-order valence-electron chi connectivity index (χ2n) is 7.24. The Morgan fingerprint density at radius 1 is 1.20 bits per heavy atom. The fourth-order valence-corrected chi connectivity index (χ4v) is 4.62. The molecule has 1 aromatic heterocycles. The van der Waals surface area contributed by atoms with Crippen LogP contribution in [0, 0.1) is 5.82 Å². The number of benzene rings is 1. The molecule has 2 aliphatic rings. The SMILES string of the molecule is CNc1ncccc1CN1[C@@H]2CC[C@H]1CC(O)(c1ccccc1F)C2. The van der Waals surface area contributed by atoms with Crippen molar-refractivity contribution in [3.05, 3.63) is 59.5 Å². The number of hydrogen-bond acceptors (Lipinski definition) is 4. The second-order valence-corrected chi connectivity index (χ2v) is 7.24. The minimum absolute atomic E-state index is 0.272. The lowest BCUT2D eigenvalue weighted by Crippen LogP contribution is -2.49. The van der Waals surface area contributed by atoms with Gasteiger partial charge in [-0.3, -0.25) is 4.90 Å². The third kappa shape index (κ3) is 2.92. The smallest absolute Gasteiger partial charge is 0.130 e. The standard InChI is InChI=1S/C20H24FN3O/c1-22-19-14(5-4-10-23-19)13-24-15-8-9-16(24)12-20(25,11-15)17-6-2-3-7-18(17)21/h2-7,10,15-16,25H,8-9,11-13H2,1H3,(H,22,23)/t15-,16+,20?. The molecule has 3 heterocycles. The molecule has 0 aliphatic carbocycles. The maximum atomic E-state index is 14.2. The molecule has 0 spiro atoms. The van der Waals surface area contributed by atoms with Crippen LogP contribution in [0.5, 0.6) is 0 Å². The van der Waals surface area contributed by atoms with Gasteiger partial charge in [-0.2, -0.15) is 0 Å². The monoisotopic (exact) mass is 341 g/mol. The van der Waals surface area contributed by atoms with E-state index in [9.17, 15) is 9.50 Å². The third-order valence-corrected chi connectivity index (χ3v) is 5.77. The number of halogens is 1. The molecule has 5 heteroatoms. The molecule has 0 radical (unpaired) electrons. The number of aliphatic hydroxyl groups is 1. The maximum absolute atomic E-state index is 14.2. The summed E-state index contributed by atoms with van der Waals surface area (Å²) in [4.78, 5) is 6.85. The van der Waals surface area contributed by atoms with E-state index in [1.807, 2.05) is 13.1 Å². The van der Waals surface area contributed by atoms with E-state index in [0.717, 1.165) is 25.2 Å². The summed E-state index contributed by atoms with van der Waals surface area (Å²) in [6, 6.07) is 11.2. The van der Waals surface area contributed by atoms with Crippen molar-refractivity contribution in [1.29, 1.82) is 0 Å². The highest BCUT2D eigenvalue weighted by atomic mass is 19.1. The second kappa shape index (κ2) is 6.39. The first-order valence-corrected chi connectivity index (χ1v) is 8.95. The normalized spacial score (nSPS) is 28.9. The predicted molar refractivity (Wildman–Crippen MR) is 95.7 cm³/mol. The number of hydrogen-bond donors (Lipinski definition) is 2. The highest BCUT2D eigenvalue weighted by Gasteiger charge is 2.49. The largest absolute Gasteiger partial charge is 0.385 e. The highest BCUT2D eigenvalue weighted by Crippen LogP contribution is 2.46. The van der Waals surface area contributed by atoms with Crippen LogP contribution >= 0.6 is 0 Å². The summed E-state index contributed by atoms with van der Waals surface area (Å²) in [5.74, 6) is 0.597. The van der Waals surface area contributed by atoms with Gasteiger partial charge in [0.2, 0.25) is 0 Å². The van der Waals surface area contributed by atoms with Crippen molar-refractivity contribution in [2.24, 2.45) is 0 Å². The van der Waals surface area contributed by atoms with Crippen molar-refractivity contribution in [1.82, 2.24) is 9.88 Å². The zero-order valence-corrected chi connectivity index (χ0v) is 14.5. The van der Waals surface area contributed by atoms with Gasteiger partial charge in [0.25, 0.3) is 0 Å². The van der Waals surface area contributed by atoms with Crippen LogP contribution in [0.3, 0.4) is 0 Å². The molecule has 2 bridgehead atoms. The van der Waals surface area contributed by atoms with Gasteiger partial charge in [-0.05, 0) is 37.8 Å². The topological polar surface area (TPSA) is 48.4 Å². The Bertz CT molecular complexity index is 752. The van der Waals surface area contributed by atoms with Crippen molar-refractivity contribution < 1.29 is 9.50 Å². The molecular weight excluding hydrogens is 317 g/mol. The van der Waals surface area contributed by atoms with Crippen LogP contribution in [0.15, 0.2) is 42.6 Å². The van der Waals surface area contributed by atoms with E-state index in [4.69, 9.17) is 0 Å². The lowest BCUT2D eigenvalue weighted by atomic mass is 9.80. The molecular formula is C20H24FN3O. The molecule has 132 valence electrons. The number of aromatic nitrogens is 1. The zero-order chi connectivity index (χ0) is 17.4. The number of piperidine rings is 1. The van der Waals surface area contributed by atoms with Crippen LogP contribution in [0.2, 0.25) is 0 Å². The van der Waals surface area contributed by atoms with E-state index in [1.165, 1.54) is 11.6 Å². The average Bonchev–Trinajstić information content (AvgIpc) is 2.86. The fraction of sp³-hybridized carbons (Fsp3) is 0.450. The summed E-state index contributed by atoms with van der Waals surface area (Å²) < 4.78 is 14.2. The van der Waals surface area contributed by atoms with Crippen molar-refractivity contribution in [3.8, 4) is 0 Å². The molecule has 25 heavy (non-hydrogen) atoms. The van der Waals surface area contributed by atoms with Crippen LogP contribution in [0.25, 0.3) is 0 Å². The van der Waals surface area contributed by atoms with Gasteiger partial charge < -0.3 is 10.4 Å². The zero-order valence-electron chi connectivity index (χ0n) is 14.5. The Labute approximate surface area is 147 Å². The van der Waals surface area contributed by atoms with E-state index in [1.54, 1.807) is 24.4 Å². The number of nitrogens with one attached hydrogen (secondary N) is 1. The van der Waals surface area contributed by atoms with Gasteiger partial charge in [0, 0.05) is 43.0 Å². The molecule has 4 nitrogen and oxygen atoms in total. The molecule has 3 atom stereocenters. The first-order chi connectivity index (χ1) is 12.1. The highest BCUT2D eigenvalue weighted by molar-refractivity contribution is 5.43. The van der Waals surface area contributed by atoms with Gasteiger partial charge in [0.15, 0.2) is 0 Å². The lowest BCUT2D eigenvalue weighted by molar-refractivity contribution is -0.0615. The quantitative estimate of drug-likeness (QED) is 0.896. The van der Waals surface area contributed by atoms with Gasteiger partial charge in [-0.15, -0.1) is 0 Å². The number of nitrogens with zero attached hydrogens (tertiary/aromatic N) is 2. The minimum atomic E-state index is -1.06. The molecule has 1 aromatic carbocycles. The van der Waals surface area contributed by atoms with Gasteiger partial charge in [-0.1, -0.05) is 24.3 Å². The summed E-state index contributed by atoms with van der Waals surface area (Å²) in [5, 5.41) is 14.3. The molecule has 1 unspecified atom stereocenters. The van der Waals surface area contributed by atoms with Crippen LogP contribution in [-0.4, -0.2) is 34.1 Å². The fourth-order valence-electron chi connectivity index (χ4n) is 4.62. The molecule has 0 amide bonds. The van der Waals surface area contributed by atoms with Crippen molar-refractivity contribution in [2.45, 2.75) is 49.9 Å². The summed E-state index contributed by atoms with van der Waals surface area (Å²) in [5.41, 5.74) is 0.552. The van der Waals surface area contributed by atoms with E-state index < -0.39 is 5.60 Å². The average molecular weight is 341 g/mol. The van der Waals surface area contributed by atoms with E-state index >= 15 is 0 Å². The van der Waals surface area contributed by atoms with E-state index in [2.05, 4.69) is 21.3 Å². The number of pyridine rings is 1. The minimum Gasteiger partial charge on any atom is -0.385 e. The molecule has 2 aliphatic heterocycles. The van der Waals surface area contributed by atoms with Crippen molar-refractivity contribution >= 4 is 5.82 Å². The molecule has 2 saturated heterocycles. The van der Waals surface area contributed by atoms with E-state index in [-0.39, 0.29) is 17.9 Å². The summed E-state index contributed by atoms with van der Waals surface area (Å²) >= 11 is 0. The van der Waals surface area contributed by atoms with Crippen molar-refractivity contribution in [2.75, 3.05) is 12.4 Å². The lowest BCUT2D eigenvalue weighted by Gasteiger charge is -2.44. The van der Waals surface area contributed by atoms with Gasteiger partial charge >= 0.3 is 0 Å². The Morgan fingerprint density at radius 3 is 2.60 bits per heavy atom. The van der Waals surface area contributed by atoms with E-state index in [0.29, 0.717) is 18.4 Å². The third-order valence-electron chi connectivity index (χ3n) is 5.77. The first kappa shape index (κ1) is 16.5. The molecule has 4 rings (SSSR count). The number of fused-ring (bicyclic) bond motifs is 2. The van der Waals surface area contributed by atoms with Crippen LogP contribution < -0.4 is 5.32 Å². The summed E-state index contributed by atoms with van der Waals surface area (Å²) in [6.45, 7) is 0.812. The van der Waals surface area contributed by atoms with Gasteiger partial charge in [0.05, 0.1) is 5.60 Å². The summed E-state index contributed by atoms with van der Waals surface area (Å²) in [6.07, 6.45) is 5.06. The molecule has 0 saturated carbocycles. The van der Waals surface area contributed by atoms with Crippen LogP contribution in [0.1, 0.15) is 36.8 Å². The Morgan fingerprint density at radius 2 is 1.92 bits per heavy atom. The molecule has 2 fully saturated rings. The predicted octanol–water partition coefficient (Wildman–Crippen LogP) is 3.28. The first-order valence-electron chi connectivity index (χ1n) is 8.95. The Balaban J connectivity index is 1.57. The summed E-state index contributed by atoms with van der Waals surface area (Å²) in [7, 11) is 1.88. The van der Waals surface area contributed by atoms with Gasteiger partial charge in [0.1, 0.15) is 11.6 Å². The Kier molecular flexibility index (Phi) is 4.21. The van der Waals surface area contributed by atoms with Gasteiger partial charge in [-0.25, -0.2) is 9.37 Å².